The van der Waals surface area contributed by atoms with Crippen LogP contribution in [0, 0.1) is 0 Å². The summed E-state index contributed by atoms with van der Waals surface area (Å²) in [6.07, 6.45) is 2.81. The molecular weight excluding hydrogens is 348 g/mol. The highest BCUT2D eigenvalue weighted by molar-refractivity contribution is 9.10. The molecule has 116 valence electrons. The molecule has 0 aliphatic heterocycles. The fourth-order valence-corrected chi connectivity index (χ4v) is 2.97. The van der Waals surface area contributed by atoms with Crippen LogP contribution in [-0.4, -0.2) is 42.9 Å². The van der Waals surface area contributed by atoms with Gasteiger partial charge < -0.3 is 4.74 Å². The monoisotopic (exact) mass is 368 g/mol. The Morgan fingerprint density at radius 1 is 1.60 bits per heavy atom. The zero-order chi connectivity index (χ0) is 15.6. The van der Waals surface area contributed by atoms with E-state index in [0.717, 1.165) is 0 Å². The number of nitrogens with zero attached hydrogens (tertiary/aromatic N) is 2. The summed E-state index contributed by atoms with van der Waals surface area (Å²) >= 11 is 3.40. The largest absolute Gasteiger partial charge is 0.383 e. The summed E-state index contributed by atoms with van der Waals surface area (Å²) in [7, 11) is -1.73. The number of nitrogens with one attached hydrogen (secondary N) is 1. The lowest BCUT2D eigenvalue weighted by atomic mass is 10.0. The Morgan fingerprint density at radius 3 is 2.65 bits per heavy atom. The fraction of sp³-hybridized carbons (Fsp3) is 0.727. The average molecular weight is 369 g/mol. The zero-order valence-corrected chi connectivity index (χ0v) is 14.5. The Kier molecular flexibility index (Phi) is 5.73. The molecule has 3 N–H and O–H groups in total. The van der Waals surface area contributed by atoms with E-state index < -0.39 is 20.6 Å². The summed E-state index contributed by atoms with van der Waals surface area (Å²) in [5.74, 6) is 5.61. The summed E-state index contributed by atoms with van der Waals surface area (Å²) < 4.78 is 30.4. The quantitative estimate of drug-likeness (QED) is 0.540. The van der Waals surface area contributed by atoms with Gasteiger partial charge in [0.15, 0.2) is 9.84 Å². The molecule has 0 aromatic carbocycles. The van der Waals surface area contributed by atoms with Gasteiger partial charge in [0.1, 0.15) is 0 Å². The van der Waals surface area contributed by atoms with Crippen LogP contribution < -0.4 is 11.3 Å². The number of methoxy groups -OCH3 is 1. The van der Waals surface area contributed by atoms with Crippen LogP contribution in [-0.2, 0) is 21.1 Å². The Balaban J connectivity index is 3.29. The Labute approximate surface area is 127 Å². The zero-order valence-electron chi connectivity index (χ0n) is 12.1. The van der Waals surface area contributed by atoms with Gasteiger partial charge in [-0.25, -0.2) is 13.8 Å². The number of hydrogen-bond donors (Lipinski definition) is 2. The highest BCUT2D eigenvalue weighted by atomic mass is 79.9. The maximum Gasteiger partial charge on any atom is 0.154 e. The maximum atomic E-state index is 12.0. The first kappa shape index (κ1) is 17.6. The number of hydrazine groups is 1. The van der Waals surface area contributed by atoms with Crippen molar-refractivity contribution in [3.8, 4) is 0 Å². The highest BCUT2D eigenvalue weighted by Crippen LogP contribution is 2.35. The molecule has 7 nitrogen and oxygen atoms in total. The Hall–Kier alpha value is -0.480. The second kappa shape index (κ2) is 6.52. The number of sulfone groups is 1. The van der Waals surface area contributed by atoms with Crippen LogP contribution in [0.3, 0.4) is 0 Å². The first-order chi connectivity index (χ1) is 9.16. The van der Waals surface area contributed by atoms with E-state index in [4.69, 9.17) is 10.6 Å². The Morgan fingerprint density at radius 2 is 2.20 bits per heavy atom. The standard InChI is InChI=1S/C11H21BrN4O3S/c1-11(2,20(4,17)18)10(15-13)9-8(12)7-14-16(9)5-6-19-3/h7,10,15H,5-6,13H2,1-4H3. The molecule has 0 radical (unpaired) electrons. The van der Waals surface area contributed by atoms with E-state index in [0.29, 0.717) is 23.3 Å². The van der Waals surface area contributed by atoms with Gasteiger partial charge in [0, 0.05) is 13.4 Å². The third-order valence-corrected chi connectivity index (χ3v) is 6.19. The molecular formula is C11H21BrN4O3S. The number of halogens is 1. The van der Waals surface area contributed by atoms with Crippen LogP contribution in [0.4, 0.5) is 0 Å². The average Bonchev–Trinajstić information content (AvgIpc) is 2.68. The van der Waals surface area contributed by atoms with Crippen LogP contribution in [0.25, 0.3) is 0 Å². The van der Waals surface area contributed by atoms with Crippen molar-refractivity contribution in [2.45, 2.75) is 31.2 Å². The van der Waals surface area contributed by atoms with Gasteiger partial charge in [0.05, 0.1) is 40.3 Å². The van der Waals surface area contributed by atoms with Crippen molar-refractivity contribution in [1.29, 1.82) is 0 Å². The third-order valence-electron chi connectivity index (χ3n) is 3.43. The molecule has 1 unspecified atom stereocenters. The van der Waals surface area contributed by atoms with Crippen LogP contribution >= 0.6 is 15.9 Å². The number of hydrogen-bond acceptors (Lipinski definition) is 6. The SMILES string of the molecule is COCCn1ncc(Br)c1C(NN)C(C)(C)S(C)(=O)=O. The first-order valence-corrected chi connectivity index (χ1v) is 8.71. The summed E-state index contributed by atoms with van der Waals surface area (Å²) in [6.45, 7) is 4.24. The molecule has 1 atom stereocenters. The van der Waals surface area contributed by atoms with Crippen molar-refractivity contribution in [1.82, 2.24) is 15.2 Å². The minimum Gasteiger partial charge on any atom is -0.383 e. The second-order valence-electron chi connectivity index (χ2n) is 5.07. The minimum atomic E-state index is -3.33. The minimum absolute atomic E-state index is 0.470. The van der Waals surface area contributed by atoms with Gasteiger partial charge in [-0.1, -0.05) is 0 Å². The third kappa shape index (κ3) is 3.40. The van der Waals surface area contributed by atoms with Crippen molar-refractivity contribution >= 4 is 25.8 Å². The van der Waals surface area contributed by atoms with Gasteiger partial charge in [0.25, 0.3) is 0 Å². The van der Waals surface area contributed by atoms with E-state index in [1.165, 1.54) is 6.26 Å². The lowest BCUT2D eigenvalue weighted by Crippen LogP contribution is -2.48. The van der Waals surface area contributed by atoms with E-state index in [2.05, 4.69) is 26.5 Å². The predicted molar refractivity (Wildman–Crippen MR) is 80.8 cm³/mol. The van der Waals surface area contributed by atoms with Crippen LogP contribution in [0.15, 0.2) is 10.7 Å². The van der Waals surface area contributed by atoms with E-state index in [1.807, 2.05) is 0 Å². The van der Waals surface area contributed by atoms with Gasteiger partial charge >= 0.3 is 0 Å². The van der Waals surface area contributed by atoms with Crippen molar-refractivity contribution in [2.24, 2.45) is 5.84 Å². The molecule has 0 bridgehead atoms. The highest BCUT2D eigenvalue weighted by Gasteiger charge is 2.42. The molecule has 9 heteroatoms. The van der Waals surface area contributed by atoms with Gasteiger partial charge in [-0.2, -0.15) is 5.10 Å². The van der Waals surface area contributed by atoms with Crippen LogP contribution in [0.5, 0.6) is 0 Å². The van der Waals surface area contributed by atoms with Crippen LogP contribution in [0.1, 0.15) is 25.6 Å². The van der Waals surface area contributed by atoms with Crippen molar-refractivity contribution in [3.05, 3.63) is 16.4 Å². The number of ether oxygens (including phenoxy) is 1. The summed E-state index contributed by atoms with van der Waals surface area (Å²) in [6, 6.07) is -0.605. The molecule has 0 fully saturated rings. The molecule has 1 heterocycles. The van der Waals surface area contributed by atoms with Gasteiger partial charge in [-0.15, -0.1) is 0 Å². The predicted octanol–water partition coefficient (Wildman–Crippen LogP) is 0.620. The fourth-order valence-electron chi connectivity index (χ4n) is 1.84. The molecule has 0 amide bonds. The lowest BCUT2D eigenvalue weighted by molar-refractivity contribution is 0.181. The van der Waals surface area contributed by atoms with Crippen LogP contribution in [0.2, 0.25) is 0 Å². The summed E-state index contributed by atoms with van der Waals surface area (Å²) in [4.78, 5) is 0. The van der Waals surface area contributed by atoms with E-state index in [1.54, 1.807) is 31.8 Å². The van der Waals surface area contributed by atoms with E-state index in [9.17, 15) is 8.42 Å². The van der Waals surface area contributed by atoms with E-state index >= 15 is 0 Å². The maximum absolute atomic E-state index is 12.0. The van der Waals surface area contributed by atoms with Gasteiger partial charge in [-0.3, -0.25) is 10.5 Å². The molecule has 1 rings (SSSR count). The molecule has 0 aliphatic rings. The van der Waals surface area contributed by atoms with Crippen molar-refractivity contribution < 1.29 is 13.2 Å². The molecule has 0 saturated carbocycles. The van der Waals surface area contributed by atoms with Gasteiger partial charge in [-0.05, 0) is 29.8 Å². The number of rotatable bonds is 7. The molecule has 0 spiro atoms. The normalized spacial score (nSPS) is 14.5. The molecule has 1 aromatic heterocycles. The second-order valence-corrected chi connectivity index (χ2v) is 8.52. The van der Waals surface area contributed by atoms with Crippen molar-refractivity contribution in [2.75, 3.05) is 20.0 Å². The van der Waals surface area contributed by atoms with Gasteiger partial charge in [0.2, 0.25) is 0 Å². The molecule has 0 aliphatic carbocycles. The smallest absolute Gasteiger partial charge is 0.154 e. The number of nitrogens with two attached hydrogens (primary N) is 1. The molecule has 20 heavy (non-hydrogen) atoms. The van der Waals surface area contributed by atoms with Crippen molar-refractivity contribution in [3.63, 3.8) is 0 Å². The molecule has 1 aromatic rings. The number of aromatic nitrogens is 2. The Bertz CT molecular complexity index is 556. The van der Waals surface area contributed by atoms with E-state index in [-0.39, 0.29) is 0 Å². The summed E-state index contributed by atoms with van der Waals surface area (Å²) in [5, 5.41) is 4.22. The lowest BCUT2D eigenvalue weighted by Gasteiger charge is -2.32. The summed E-state index contributed by atoms with van der Waals surface area (Å²) in [5.41, 5.74) is 3.28. The first-order valence-electron chi connectivity index (χ1n) is 6.02. The topological polar surface area (TPSA) is 99.2 Å². The molecule has 0 saturated heterocycles.